The number of carbonyl (C=O) groups excluding carboxylic acids is 1. The number of hydrogen-bond donors (Lipinski definition) is 1. The van der Waals surface area contributed by atoms with Gasteiger partial charge in [-0.1, -0.05) is 0 Å². The van der Waals surface area contributed by atoms with E-state index in [0.717, 1.165) is 69.1 Å². The molecule has 0 aliphatic carbocycles. The Balaban J connectivity index is 1.63. The SMILES string of the molecule is Cc1ncnc(N2CCCC(C(=O)NC3CCOCC3)C2)c1C. The molecule has 0 bridgehead atoms. The molecule has 3 rings (SSSR count). The molecule has 3 heterocycles. The zero-order valence-corrected chi connectivity index (χ0v) is 14.0. The number of aryl methyl sites for hydroxylation is 1. The number of nitrogens with zero attached hydrogens (tertiary/aromatic N) is 3. The molecule has 0 aromatic carbocycles. The van der Waals surface area contributed by atoms with Crippen molar-refractivity contribution in [3.05, 3.63) is 17.6 Å². The van der Waals surface area contributed by atoms with Crippen LogP contribution in [0.1, 0.15) is 36.9 Å². The van der Waals surface area contributed by atoms with Gasteiger partial charge in [0.15, 0.2) is 0 Å². The molecule has 23 heavy (non-hydrogen) atoms. The molecular formula is C17H26N4O2. The van der Waals surface area contributed by atoms with Crippen molar-refractivity contribution in [2.75, 3.05) is 31.2 Å². The van der Waals surface area contributed by atoms with Gasteiger partial charge < -0.3 is 15.0 Å². The predicted molar refractivity (Wildman–Crippen MR) is 88.4 cm³/mol. The van der Waals surface area contributed by atoms with Crippen LogP contribution in [0.15, 0.2) is 6.33 Å². The Bertz CT molecular complexity index is 558. The molecule has 2 aliphatic rings. The molecular weight excluding hydrogens is 292 g/mol. The van der Waals surface area contributed by atoms with Gasteiger partial charge in [0.25, 0.3) is 0 Å². The molecule has 2 aliphatic heterocycles. The molecule has 1 aromatic rings. The molecule has 2 saturated heterocycles. The van der Waals surface area contributed by atoms with Gasteiger partial charge in [0.1, 0.15) is 12.1 Å². The summed E-state index contributed by atoms with van der Waals surface area (Å²) in [5.74, 6) is 1.20. The number of rotatable bonds is 3. The molecule has 0 radical (unpaired) electrons. The maximum atomic E-state index is 12.6. The summed E-state index contributed by atoms with van der Waals surface area (Å²) in [7, 11) is 0. The van der Waals surface area contributed by atoms with Crippen LogP contribution in [0.4, 0.5) is 5.82 Å². The minimum atomic E-state index is 0.0428. The van der Waals surface area contributed by atoms with Crippen LogP contribution in [0.2, 0.25) is 0 Å². The van der Waals surface area contributed by atoms with Crippen molar-refractivity contribution in [1.29, 1.82) is 0 Å². The normalized spacial score (nSPS) is 22.9. The van der Waals surface area contributed by atoms with Crippen LogP contribution >= 0.6 is 0 Å². The highest BCUT2D eigenvalue weighted by Gasteiger charge is 2.29. The number of carbonyl (C=O) groups is 1. The Labute approximate surface area is 137 Å². The van der Waals surface area contributed by atoms with E-state index in [0.29, 0.717) is 0 Å². The van der Waals surface area contributed by atoms with Gasteiger partial charge in [0.2, 0.25) is 5.91 Å². The van der Waals surface area contributed by atoms with Gasteiger partial charge in [-0.3, -0.25) is 4.79 Å². The van der Waals surface area contributed by atoms with Gasteiger partial charge in [-0.15, -0.1) is 0 Å². The van der Waals surface area contributed by atoms with Crippen molar-refractivity contribution in [2.24, 2.45) is 5.92 Å². The van der Waals surface area contributed by atoms with E-state index in [2.05, 4.69) is 27.1 Å². The van der Waals surface area contributed by atoms with Crippen molar-refractivity contribution in [3.63, 3.8) is 0 Å². The average molecular weight is 318 g/mol. The van der Waals surface area contributed by atoms with Crippen LogP contribution in [-0.2, 0) is 9.53 Å². The summed E-state index contributed by atoms with van der Waals surface area (Å²) < 4.78 is 5.35. The highest BCUT2D eigenvalue weighted by Crippen LogP contribution is 2.25. The molecule has 6 nitrogen and oxygen atoms in total. The molecule has 1 aromatic heterocycles. The van der Waals surface area contributed by atoms with E-state index in [9.17, 15) is 4.79 Å². The largest absolute Gasteiger partial charge is 0.381 e. The Morgan fingerprint density at radius 1 is 1.26 bits per heavy atom. The van der Waals surface area contributed by atoms with Crippen molar-refractivity contribution >= 4 is 11.7 Å². The van der Waals surface area contributed by atoms with Gasteiger partial charge >= 0.3 is 0 Å². The van der Waals surface area contributed by atoms with Crippen molar-refractivity contribution in [2.45, 2.75) is 45.6 Å². The fourth-order valence-electron chi connectivity index (χ4n) is 3.39. The van der Waals surface area contributed by atoms with Crippen LogP contribution < -0.4 is 10.2 Å². The number of amides is 1. The molecule has 1 atom stereocenters. The highest BCUT2D eigenvalue weighted by atomic mass is 16.5. The zero-order chi connectivity index (χ0) is 16.2. The van der Waals surface area contributed by atoms with Crippen molar-refractivity contribution < 1.29 is 9.53 Å². The lowest BCUT2D eigenvalue weighted by Crippen LogP contribution is -2.47. The first-order valence-electron chi connectivity index (χ1n) is 8.56. The van der Waals surface area contributed by atoms with Gasteiger partial charge in [-0.05, 0) is 39.5 Å². The summed E-state index contributed by atoms with van der Waals surface area (Å²) in [5.41, 5.74) is 2.11. The second kappa shape index (κ2) is 7.25. The van der Waals surface area contributed by atoms with Gasteiger partial charge in [0, 0.05) is 43.6 Å². The van der Waals surface area contributed by atoms with E-state index >= 15 is 0 Å². The number of piperidine rings is 1. The van der Waals surface area contributed by atoms with Crippen LogP contribution in [0.3, 0.4) is 0 Å². The standard InChI is InChI=1S/C17H26N4O2/c1-12-13(2)18-11-19-16(12)21-7-3-4-14(10-21)17(22)20-15-5-8-23-9-6-15/h11,14-15H,3-10H2,1-2H3,(H,20,22). The molecule has 1 unspecified atom stereocenters. The lowest BCUT2D eigenvalue weighted by molar-refractivity contribution is -0.126. The third kappa shape index (κ3) is 3.80. The van der Waals surface area contributed by atoms with E-state index in [4.69, 9.17) is 4.74 Å². The quantitative estimate of drug-likeness (QED) is 0.917. The Morgan fingerprint density at radius 3 is 2.83 bits per heavy atom. The predicted octanol–water partition coefficient (Wildman–Crippen LogP) is 1.61. The lowest BCUT2D eigenvalue weighted by atomic mass is 9.96. The van der Waals surface area contributed by atoms with Gasteiger partial charge in [-0.25, -0.2) is 9.97 Å². The number of hydrogen-bond acceptors (Lipinski definition) is 5. The summed E-state index contributed by atoms with van der Waals surface area (Å²) in [5, 5.41) is 3.21. The van der Waals surface area contributed by atoms with Crippen LogP contribution in [0, 0.1) is 19.8 Å². The third-order valence-corrected chi connectivity index (χ3v) is 4.97. The lowest BCUT2D eigenvalue weighted by Gasteiger charge is -2.34. The molecule has 0 saturated carbocycles. The molecule has 6 heteroatoms. The fraction of sp³-hybridized carbons (Fsp3) is 0.706. The molecule has 1 amide bonds. The Hall–Kier alpha value is -1.69. The van der Waals surface area contributed by atoms with Crippen LogP contribution in [0.25, 0.3) is 0 Å². The molecule has 126 valence electrons. The summed E-state index contributed by atoms with van der Waals surface area (Å²) in [6.45, 7) is 7.25. The summed E-state index contributed by atoms with van der Waals surface area (Å²) in [4.78, 5) is 23.5. The second-order valence-corrected chi connectivity index (χ2v) is 6.59. The second-order valence-electron chi connectivity index (χ2n) is 6.59. The maximum absolute atomic E-state index is 12.6. The smallest absolute Gasteiger partial charge is 0.225 e. The number of ether oxygens (including phenoxy) is 1. The van der Waals surface area contributed by atoms with E-state index in [1.807, 2.05) is 6.92 Å². The van der Waals surface area contributed by atoms with Crippen molar-refractivity contribution in [1.82, 2.24) is 15.3 Å². The Kier molecular flexibility index (Phi) is 5.10. The summed E-state index contributed by atoms with van der Waals surface area (Å²) in [6.07, 6.45) is 5.44. The average Bonchev–Trinajstić information content (AvgIpc) is 2.58. The Morgan fingerprint density at radius 2 is 2.04 bits per heavy atom. The minimum absolute atomic E-state index is 0.0428. The zero-order valence-electron chi connectivity index (χ0n) is 14.0. The highest BCUT2D eigenvalue weighted by molar-refractivity contribution is 5.80. The van der Waals surface area contributed by atoms with E-state index in [1.165, 1.54) is 0 Å². The minimum Gasteiger partial charge on any atom is -0.381 e. The first-order chi connectivity index (χ1) is 11.1. The van der Waals surface area contributed by atoms with Crippen LogP contribution in [0.5, 0.6) is 0 Å². The number of nitrogens with one attached hydrogen (secondary N) is 1. The first kappa shape index (κ1) is 16.2. The first-order valence-corrected chi connectivity index (χ1v) is 8.56. The van der Waals surface area contributed by atoms with Gasteiger partial charge in [-0.2, -0.15) is 0 Å². The number of anilines is 1. The third-order valence-electron chi connectivity index (χ3n) is 4.97. The number of aromatic nitrogens is 2. The van der Waals surface area contributed by atoms with E-state index < -0.39 is 0 Å². The summed E-state index contributed by atoms with van der Waals surface area (Å²) in [6, 6.07) is 0.273. The fourth-order valence-corrected chi connectivity index (χ4v) is 3.39. The van der Waals surface area contributed by atoms with Crippen LogP contribution in [-0.4, -0.2) is 48.2 Å². The van der Waals surface area contributed by atoms with E-state index in [-0.39, 0.29) is 17.9 Å². The van der Waals surface area contributed by atoms with Crippen molar-refractivity contribution in [3.8, 4) is 0 Å². The maximum Gasteiger partial charge on any atom is 0.225 e. The van der Waals surface area contributed by atoms with Gasteiger partial charge in [0.05, 0.1) is 5.92 Å². The molecule has 0 spiro atoms. The monoisotopic (exact) mass is 318 g/mol. The molecule has 2 fully saturated rings. The summed E-state index contributed by atoms with van der Waals surface area (Å²) >= 11 is 0. The molecule has 1 N–H and O–H groups in total. The van der Waals surface area contributed by atoms with E-state index in [1.54, 1.807) is 6.33 Å². The topological polar surface area (TPSA) is 67.4 Å².